The second-order valence-corrected chi connectivity index (χ2v) is 8.87. The van der Waals surface area contributed by atoms with Crippen molar-refractivity contribution < 1.29 is 29.4 Å². The van der Waals surface area contributed by atoms with Crippen molar-refractivity contribution in [3.05, 3.63) is 0 Å². The second kappa shape index (κ2) is 14.8. The van der Waals surface area contributed by atoms with Crippen LogP contribution in [0, 0.1) is 11.8 Å². The van der Waals surface area contributed by atoms with Crippen LogP contribution < -0.4 is 27.4 Å². The van der Waals surface area contributed by atoms with Crippen LogP contribution in [0.25, 0.3) is 0 Å². The largest absolute Gasteiger partial charge is 0.480 e. The summed E-state index contributed by atoms with van der Waals surface area (Å²) in [6.07, 6.45) is 0.612. The summed E-state index contributed by atoms with van der Waals surface area (Å²) in [6, 6.07) is -4.28. The Morgan fingerprint density at radius 1 is 0.844 bits per heavy atom. The third-order valence-corrected chi connectivity index (χ3v) is 4.97. The minimum Gasteiger partial charge on any atom is -0.480 e. The van der Waals surface area contributed by atoms with Crippen molar-refractivity contribution in [2.24, 2.45) is 23.3 Å². The Morgan fingerprint density at radius 2 is 1.38 bits per heavy atom. The zero-order valence-corrected chi connectivity index (χ0v) is 19.8. The van der Waals surface area contributed by atoms with Crippen molar-refractivity contribution in [1.29, 1.82) is 0 Å². The average molecular weight is 460 g/mol. The van der Waals surface area contributed by atoms with E-state index in [0.717, 1.165) is 0 Å². The molecule has 32 heavy (non-hydrogen) atoms. The molecule has 0 aliphatic heterocycles. The van der Waals surface area contributed by atoms with Gasteiger partial charge in [0.15, 0.2) is 0 Å². The molecule has 0 fully saturated rings. The number of unbranched alkanes of at least 4 members (excludes halogenated alkanes) is 1. The molecular weight excluding hydrogens is 418 g/mol. The summed E-state index contributed by atoms with van der Waals surface area (Å²) in [4.78, 5) is 49.5. The number of carbonyl (C=O) groups is 4. The lowest BCUT2D eigenvalue weighted by atomic mass is 10.0. The molecule has 0 bridgehead atoms. The van der Waals surface area contributed by atoms with Gasteiger partial charge in [-0.2, -0.15) is 0 Å². The fourth-order valence-electron chi connectivity index (χ4n) is 2.99. The molecule has 0 aromatic rings. The zero-order chi connectivity index (χ0) is 25.0. The van der Waals surface area contributed by atoms with Crippen LogP contribution in [0.4, 0.5) is 0 Å². The van der Waals surface area contributed by atoms with E-state index in [1.54, 1.807) is 13.8 Å². The van der Waals surface area contributed by atoms with Crippen LogP contribution in [-0.2, 0) is 19.2 Å². The van der Waals surface area contributed by atoms with E-state index in [2.05, 4.69) is 16.0 Å². The van der Waals surface area contributed by atoms with Crippen molar-refractivity contribution >= 4 is 23.7 Å². The monoisotopic (exact) mass is 459 g/mol. The fourth-order valence-corrected chi connectivity index (χ4v) is 2.99. The van der Waals surface area contributed by atoms with Crippen LogP contribution in [0.5, 0.6) is 0 Å². The first-order valence-electron chi connectivity index (χ1n) is 11.1. The summed E-state index contributed by atoms with van der Waals surface area (Å²) in [5.74, 6) is -3.38. The molecule has 11 nitrogen and oxygen atoms in total. The topological polar surface area (TPSA) is 197 Å². The first-order chi connectivity index (χ1) is 14.8. The highest BCUT2D eigenvalue weighted by Crippen LogP contribution is 2.09. The number of amides is 3. The summed E-state index contributed by atoms with van der Waals surface area (Å²) < 4.78 is 0. The molecule has 0 aromatic heterocycles. The maximum Gasteiger partial charge on any atom is 0.326 e. The van der Waals surface area contributed by atoms with Gasteiger partial charge in [-0.1, -0.05) is 27.7 Å². The molecule has 9 N–H and O–H groups in total. The number of aliphatic carboxylic acids is 1. The number of aliphatic hydroxyl groups excluding tert-OH is 1. The molecule has 5 unspecified atom stereocenters. The number of nitrogens with two attached hydrogens (primary N) is 2. The number of carboxylic acid groups (broad SMARTS) is 1. The molecule has 0 saturated carbocycles. The Morgan fingerprint density at radius 3 is 1.81 bits per heavy atom. The van der Waals surface area contributed by atoms with E-state index >= 15 is 0 Å². The number of rotatable bonds is 15. The molecular formula is C21H41N5O6. The van der Waals surface area contributed by atoms with Gasteiger partial charge in [0.2, 0.25) is 17.7 Å². The molecule has 0 aliphatic rings. The van der Waals surface area contributed by atoms with Gasteiger partial charge in [0.05, 0.1) is 6.10 Å². The van der Waals surface area contributed by atoms with E-state index in [0.29, 0.717) is 19.4 Å². The van der Waals surface area contributed by atoms with Gasteiger partial charge in [-0.05, 0) is 51.0 Å². The molecule has 0 aromatic carbocycles. The molecule has 0 rings (SSSR count). The van der Waals surface area contributed by atoms with Crippen LogP contribution in [-0.4, -0.2) is 70.7 Å². The summed E-state index contributed by atoms with van der Waals surface area (Å²) in [5, 5.41) is 26.5. The molecule has 0 heterocycles. The predicted molar refractivity (Wildman–Crippen MR) is 120 cm³/mol. The number of hydrogen-bond acceptors (Lipinski definition) is 7. The van der Waals surface area contributed by atoms with Crippen LogP contribution in [0.2, 0.25) is 0 Å². The number of hydrogen-bond donors (Lipinski definition) is 7. The highest BCUT2D eigenvalue weighted by atomic mass is 16.4. The van der Waals surface area contributed by atoms with Crippen LogP contribution in [0.15, 0.2) is 0 Å². The van der Waals surface area contributed by atoms with E-state index in [9.17, 15) is 29.4 Å². The highest BCUT2D eigenvalue weighted by molar-refractivity contribution is 5.94. The van der Waals surface area contributed by atoms with Crippen LogP contribution >= 0.6 is 0 Å². The molecule has 11 heteroatoms. The number of carbonyl (C=O) groups excluding carboxylic acids is 3. The van der Waals surface area contributed by atoms with Gasteiger partial charge in [0.1, 0.15) is 24.2 Å². The van der Waals surface area contributed by atoms with E-state index in [1.807, 2.05) is 13.8 Å². The Bertz CT molecular complexity index is 626. The smallest absolute Gasteiger partial charge is 0.326 e. The van der Waals surface area contributed by atoms with Crippen molar-refractivity contribution in [3.8, 4) is 0 Å². The minimum atomic E-state index is -1.21. The van der Waals surface area contributed by atoms with E-state index in [-0.39, 0.29) is 24.7 Å². The first kappa shape index (κ1) is 29.8. The second-order valence-electron chi connectivity index (χ2n) is 8.87. The summed E-state index contributed by atoms with van der Waals surface area (Å²) in [5.41, 5.74) is 11.2. The Balaban J connectivity index is 5.51. The van der Waals surface area contributed by atoms with Crippen molar-refractivity contribution in [3.63, 3.8) is 0 Å². The van der Waals surface area contributed by atoms with Gasteiger partial charge in [-0.3, -0.25) is 14.4 Å². The van der Waals surface area contributed by atoms with Crippen molar-refractivity contribution in [2.75, 3.05) is 6.54 Å². The SMILES string of the molecule is CC(C)CC(NC(=O)C(N)C(C)O)C(=O)NC(CCCCN)C(=O)NC(C(=O)O)C(C)C. The molecule has 0 aliphatic carbocycles. The third-order valence-electron chi connectivity index (χ3n) is 4.97. The fraction of sp³-hybridized carbons (Fsp3) is 0.810. The van der Waals surface area contributed by atoms with Crippen molar-refractivity contribution in [2.45, 2.75) is 90.6 Å². The van der Waals surface area contributed by atoms with Gasteiger partial charge in [-0.25, -0.2) is 4.79 Å². The lowest BCUT2D eigenvalue weighted by molar-refractivity contribution is -0.143. The van der Waals surface area contributed by atoms with E-state index in [4.69, 9.17) is 11.5 Å². The number of nitrogens with one attached hydrogen (secondary N) is 3. The molecule has 186 valence electrons. The summed E-state index contributed by atoms with van der Waals surface area (Å²) in [6.45, 7) is 8.85. The van der Waals surface area contributed by atoms with Crippen molar-refractivity contribution in [1.82, 2.24) is 16.0 Å². The molecule has 0 spiro atoms. The Kier molecular flexibility index (Phi) is 13.7. The summed E-state index contributed by atoms with van der Waals surface area (Å²) in [7, 11) is 0. The lowest BCUT2D eigenvalue weighted by Gasteiger charge is -2.27. The first-order valence-corrected chi connectivity index (χ1v) is 11.1. The van der Waals surface area contributed by atoms with Gasteiger partial charge >= 0.3 is 5.97 Å². The quantitative estimate of drug-likeness (QED) is 0.152. The van der Waals surface area contributed by atoms with Crippen LogP contribution in [0.1, 0.15) is 60.3 Å². The molecule has 3 amide bonds. The molecule has 0 saturated heterocycles. The average Bonchev–Trinajstić information content (AvgIpc) is 2.68. The Hall–Kier alpha value is -2.24. The predicted octanol–water partition coefficient (Wildman–Crippen LogP) is -0.935. The number of carboxylic acids is 1. The Labute approximate surface area is 190 Å². The normalized spacial score (nSPS) is 16.1. The van der Waals surface area contributed by atoms with Gasteiger partial charge in [0.25, 0.3) is 0 Å². The highest BCUT2D eigenvalue weighted by Gasteiger charge is 2.31. The number of aliphatic hydroxyl groups is 1. The van der Waals surface area contributed by atoms with E-state index < -0.39 is 54.0 Å². The molecule has 5 atom stereocenters. The van der Waals surface area contributed by atoms with E-state index in [1.165, 1.54) is 6.92 Å². The zero-order valence-electron chi connectivity index (χ0n) is 19.8. The maximum atomic E-state index is 13.0. The summed E-state index contributed by atoms with van der Waals surface area (Å²) >= 11 is 0. The van der Waals surface area contributed by atoms with Gasteiger partial charge in [-0.15, -0.1) is 0 Å². The molecule has 0 radical (unpaired) electrons. The van der Waals surface area contributed by atoms with Crippen LogP contribution in [0.3, 0.4) is 0 Å². The third kappa shape index (κ3) is 10.9. The minimum absolute atomic E-state index is 0.0377. The maximum absolute atomic E-state index is 13.0. The van der Waals surface area contributed by atoms with Gasteiger partial charge in [0, 0.05) is 0 Å². The lowest BCUT2D eigenvalue weighted by Crippen LogP contribution is -2.58. The standard InChI is InChI=1S/C21H41N5O6/c1-11(2)10-15(25-20(30)16(23)13(5)27)19(29)24-14(8-6-7-9-22)18(28)26-17(12(3)4)21(31)32/h11-17,27H,6-10,22-23H2,1-5H3,(H,24,29)(H,25,30)(H,26,28)(H,31,32). The van der Waals surface area contributed by atoms with Gasteiger partial charge < -0.3 is 37.6 Å².